The van der Waals surface area contributed by atoms with Crippen LogP contribution in [0, 0.1) is 24.7 Å². The van der Waals surface area contributed by atoms with Gasteiger partial charge in [0.25, 0.3) is 0 Å². The van der Waals surface area contributed by atoms with Crippen LogP contribution in [0.5, 0.6) is 11.5 Å². The van der Waals surface area contributed by atoms with Gasteiger partial charge in [0.1, 0.15) is 23.6 Å². The minimum absolute atomic E-state index is 0.358. The normalized spacial score (nSPS) is 14.4. The van der Waals surface area contributed by atoms with Gasteiger partial charge in [-0.05, 0) is 92.9 Å². The largest absolute Gasteiger partial charge is 0.457 e. The van der Waals surface area contributed by atoms with Crippen LogP contribution in [0.3, 0.4) is 0 Å². The van der Waals surface area contributed by atoms with Crippen molar-refractivity contribution in [3.63, 3.8) is 0 Å². The summed E-state index contributed by atoms with van der Waals surface area (Å²) < 4.78 is 6.01. The van der Waals surface area contributed by atoms with Gasteiger partial charge in [-0.25, -0.2) is 9.97 Å². The van der Waals surface area contributed by atoms with E-state index in [1.165, 1.54) is 0 Å². The summed E-state index contributed by atoms with van der Waals surface area (Å²) in [5.41, 5.74) is 3.72. The number of likely N-dealkylation sites (tertiary alicyclic amines) is 1. The molecule has 0 spiro atoms. The lowest BCUT2D eigenvalue weighted by molar-refractivity contribution is 0.231. The molecule has 2 heterocycles. The summed E-state index contributed by atoms with van der Waals surface area (Å²) in [5.74, 6) is 9.31. The van der Waals surface area contributed by atoms with E-state index in [0.29, 0.717) is 12.5 Å². The van der Waals surface area contributed by atoms with E-state index >= 15 is 0 Å². The number of anilines is 2. The number of oxime groups is 1. The molecule has 0 atom stereocenters. The summed E-state index contributed by atoms with van der Waals surface area (Å²) in [5, 5.41) is 16.2. The molecule has 0 unspecified atom stereocenters. The first-order valence-corrected chi connectivity index (χ1v) is 12.4. The lowest BCUT2D eigenvalue weighted by Crippen LogP contribution is -2.34. The van der Waals surface area contributed by atoms with Gasteiger partial charge in [-0.15, -0.1) is 5.16 Å². The molecule has 1 fully saturated rings. The van der Waals surface area contributed by atoms with E-state index in [-0.39, 0.29) is 0 Å². The Hall–Kier alpha value is -4.41. The van der Waals surface area contributed by atoms with Crippen LogP contribution in [0.4, 0.5) is 11.5 Å². The molecule has 1 saturated heterocycles. The second-order valence-electron chi connectivity index (χ2n) is 9.15. The third-order valence-electron chi connectivity index (χ3n) is 6.49. The highest BCUT2D eigenvalue weighted by Gasteiger charge is 2.16. The van der Waals surface area contributed by atoms with Crippen LogP contribution in [-0.4, -0.2) is 45.9 Å². The van der Waals surface area contributed by atoms with E-state index in [2.05, 4.69) is 37.2 Å². The first-order chi connectivity index (χ1) is 18.2. The number of fused-ring (bicyclic) bond motifs is 1. The molecule has 37 heavy (non-hydrogen) atoms. The summed E-state index contributed by atoms with van der Waals surface area (Å²) in [6.45, 7) is 4.66. The van der Waals surface area contributed by atoms with Crippen LogP contribution >= 0.6 is 0 Å². The summed E-state index contributed by atoms with van der Waals surface area (Å²) in [6, 6.07) is 21.8. The average molecular weight is 492 g/mol. The van der Waals surface area contributed by atoms with Crippen molar-refractivity contribution in [1.82, 2.24) is 14.9 Å². The van der Waals surface area contributed by atoms with Crippen LogP contribution in [0.2, 0.25) is 0 Å². The highest BCUT2D eigenvalue weighted by molar-refractivity contribution is 5.91. The van der Waals surface area contributed by atoms with Gasteiger partial charge in [0.15, 0.2) is 0 Å². The molecule has 1 aliphatic rings. The van der Waals surface area contributed by atoms with Gasteiger partial charge >= 0.3 is 0 Å². The number of piperidine rings is 1. The monoisotopic (exact) mass is 491 g/mol. The maximum absolute atomic E-state index is 8.72. The van der Waals surface area contributed by atoms with E-state index in [9.17, 15) is 0 Å². The van der Waals surface area contributed by atoms with Crippen molar-refractivity contribution in [3.05, 3.63) is 84.2 Å². The highest BCUT2D eigenvalue weighted by Crippen LogP contribution is 2.30. The van der Waals surface area contributed by atoms with Crippen molar-refractivity contribution in [2.24, 2.45) is 11.1 Å². The zero-order valence-corrected chi connectivity index (χ0v) is 20.8. The molecule has 5 rings (SSSR count). The quantitative estimate of drug-likeness (QED) is 0.149. The van der Waals surface area contributed by atoms with Crippen molar-refractivity contribution in [2.75, 3.05) is 25.0 Å². The SMILES string of the molecule is Cc1cc(Nc2ncnc3ccc(C#CCN4CCC(C=NO)CC4)cc23)ccc1Oc1ccccc1. The lowest BCUT2D eigenvalue weighted by atomic mass is 9.98. The molecular formula is C30H29N5O2. The Morgan fingerprint density at radius 3 is 2.70 bits per heavy atom. The van der Waals surface area contributed by atoms with E-state index in [1.807, 2.05) is 73.7 Å². The second kappa shape index (κ2) is 11.5. The van der Waals surface area contributed by atoms with E-state index in [1.54, 1.807) is 12.5 Å². The molecule has 2 N–H and O–H groups in total. The number of aryl methyl sites for hydroxylation is 1. The molecule has 0 saturated carbocycles. The van der Waals surface area contributed by atoms with Crippen molar-refractivity contribution < 1.29 is 9.94 Å². The lowest BCUT2D eigenvalue weighted by Gasteiger charge is -2.28. The Bertz CT molecular complexity index is 1450. The fraction of sp³-hybridized carbons (Fsp3) is 0.233. The van der Waals surface area contributed by atoms with Crippen molar-refractivity contribution in [1.29, 1.82) is 0 Å². The van der Waals surface area contributed by atoms with E-state index < -0.39 is 0 Å². The topological polar surface area (TPSA) is 82.9 Å². The number of para-hydroxylation sites is 1. The smallest absolute Gasteiger partial charge is 0.141 e. The number of rotatable bonds is 6. The highest BCUT2D eigenvalue weighted by atomic mass is 16.5. The molecule has 1 aromatic heterocycles. The Morgan fingerprint density at radius 2 is 1.92 bits per heavy atom. The third-order valence-corrected chi connectivity index (χ3v) is 6.49. The zero-order valence-electron chi connectivity index (χ0n) is 20.8. The molecule has 7 nitrogen and oxygen atoms in total. The summed E-state index contributed by atoms with van der Waals surface area (Å²) in [6.07, 6.45) is 5.20. The molecule has 0 amide bonds. The number of nitrogens with one attached hydrogen (secondary N) is 1. The Labute approximate surface area is 216 Å². The predicted molar refractivity (Wildman–Crippen MR) is 147 cm³/mol. The zero-order chi connectivity index (χ0) is 25.5. The number of ether oxygens (including phenoxy) is 1. The minimum Gasteiger partial charge on any atom is -0.457 e. The van der Waals surface area contributed by atoms with Crippen LogP contribution in [0.1, 0.15) is 24.0 Å². The average Bonchev–Trinajstić information content (AvgIpc) is 2.92. The molecule has 3 aromatic carbocycles. The number of aromatic nitrogens is 2. The van der Waals surface area contributed by atoms with Crippen LogP contribution in [0.25, 0.3) is 10.9 Å². The Kier molecular flexibility index (Phi) is 7.58. The van der Waals surface area contributed by atoms with E-state index in [0.717, 1.165) is 71.0 Å². The maximum Gasteiger partial charge on any atom is 0.141 e. The van der Waals surface area contributed by atoms with Crippen LogP contribution in [-0.2, 0) is 0 Å². The van der Waals surface area contributed by atoms with Crippen molar-refractivity contribution >= 4 is 28.6 Å². The fourth-order valence-electron chi connectivity index (χ4n) is 4.44. The molecule has 1 aliphatic heterocycles. The minimum atomic E-state index is 0.358. The molecular weight excluding hydrogens is 462 g/mol. The van der Waals surface area contributed by atoms with Gasteiger partial charge in [-0.1, -0.05) is 30.0 Å². The number of nitrogens with zero attached hydrogens (tertiary/aromatic N) is 4. The molecule has 0 aliphatic carbocycles. The number of hydrogen-bond acceptors (Lipinski definition) is 7. The first-order valence-electron chi connectivity index (χ1n) is 12.4. The molecule has 0 bridgehead atoms. The van der Waals surface area contributed by atoms with Crippen LogP contribution < -0.4 is 10.1 Å². The number of benzene rings is 3. The van der Waals surface area contributed by atoms with Gasteiger partial charge in [-0.3, -0.25) is 4.90 Å². The molecule has 0 radical (unpaired) electrons. The molecule has 4 aromatic rings. The van der Waals surface area contributed by atoms with Crippen molar-refractivity contribution in [2.45, 2.75) is 19.8 Å². The van der Waals surface area contributed by atoms with Gasteiger partial charge in [-0.2, -0.15) is 0 Å². The van der Waals surface area contributed by atoms with Crippen molar-refractivity contribution in [3.8, 4) is 23.3 Å². The van der Waals surface area contributed by atoms with E-state index in [4.69, 9.17) is 9.94 Å². The van der Waals surface area contributed by atoms with Gasteiger partial charge < -0.3 is 15.3 Å². The molecule has 7 heteroatoms. The third kappa shape index (κ3) is 6.24. The summed E-state index contributed by atoms with van der Waals surface area (Å²) in [4.78, 5) is 11.3. The number of hydrogen-bond donors (Lipinski definition) is 2. The van der Waals surface area contributed by atoms with Gasteiger partial charge in [0, 0.05) is 22.9 Å². The standard InChI is InChI=1S/C30H29N5O2/c1-22-18-25(10-12-29(22)37-26-7-3-2-4-8-26)34-30-27-19-23(9-11-28(27)31-21-32-30)6-5-15-35-16-13-24(14-17-35)20-33-36/h2-4,7-12,18-21,24,36H,13-17H2,1H3,(H,31,32,34). The second-order valence-corrected chi connectivity index (χ2v) is 9.15. The summed E-state index contributed by atoms with van der Waals surface area (Å²) >= 11 is 0. The Balaban J connectivity index is 1.28. The molecule has 186 valence electrons. The first kappa shape index (κ1) is 24.3. The van der Waals surface area contributed by atoms with Crippen LogP contribution in [0.15, 0.2) is 78.2 Å². The predicted octanol–water partition coefficient (Wildman–Crippen LogP) is 6.00. The van der Waals surface area contributed by atoms with Gasteiger partial charge in [0.2, 0.25) is 0 Å². The maximum atomic E-state index is 8.72. The summed E-state index contributed by atoms with van der Waals surface area (Å²) in [7, 11) is 0. The fourth-order valence-corrected chi connectivity index (χ4v) is 4.44. The van der Waals surface area contributed by atoms with Gasteiger partial charge in [0.05, 0.1) is 12.1 Å². The Morgan fingerprint density at radius 1 is 1.08 bits per heavy atom.